The number of para-hydroxylation sites is 1. The summed E-state index contributed by atoms with van der Waals surface area (Å²) in [4.78, 5) is 1.97. The van der Waals surface area contributed by atoms with Crippen molar-refractivity contribution in [1.82, 2.24) is 14.7 Å². The minimum Gasteiger partial charge on any atom is -0.348 e. The van der Waals surface area contributed by atoms with Gasteiger partial charge in [0.15, 0.2) is 5.11 Å². The van der Waals surface area contributed by atoms with E-state index in [1.54, 1.807) is 18.2 Å². The van der Waals surface area contributed by atoms with Gasteiger partial charge in [-0.3, -0.25) is 0 Å². The number of aryl methyl sites for hydroxylation is 1. The molecule has 0 atom stereocenters. The maximum atomic E-state index is 6.05. The number of hydrogen-bond acceptors (Lipinski definition) is 2. The van der Waals surface area contributed by atoms with Crippen molar-refractivity contribution in [1.29, 1.82) is 0 Å². The molecule has 0 spiro atoms. The summed E-state index contributed by atoms with van der Waals surface area (Å²) in [6, 6.07) is 15.4. The second kappa shape index (κ2) is 8.30. The van der Waals surface area contributed by atoms with Crippen molar-refractivity contribution < 1.29 is 0 Å². The molecule has 0 saturated carbocycles. The lowest BCUT2D eigenvalue weighted by atomic mass is 10.2. The van der Waals surface area contributed by atoms with Crippen molar-refractivity contribution in [3.05, 3.63) is 75.5 Å². The summed E-state index contributed by atoms with van der Waals surface area (Å²) >= 11 is 17.6. The van der Waals surface area contributed by atoms with Crippen LogP contribution in [0.1, 0.15) is 17.0 Å². The van der Waals surface area contributed by atoms with E-state index in [1.165, 1.54) is 0 Å². The third-order valence-corrected chi connectivity index (χ3v) is 5.15. The number of nitrogens with zero attached hydrogens (tertiary/aromatic N) is 3. The SMILES string of the molecule is Cc1nn(-c2ccccc2)c(C)c1CN(C)C(=S)Nc1cc(Cl)cc(Cl)c1. The molecule has 0 radical (unpaired) electrons. The van der Waals surface area contributed by atoms with Crippen LogP contribution < -0.4 is 5.32 Å². The predicted octanol–water partition coefficient (Wildman–Crippen LogP) is 5.62. The van der Waals surface area contributed by atoms with Gasteiger partial charge < -0.3 is 10.2 Å². The van der Waals surface area contributed by atoms with Gasteiger partial charge in [-0.25, -0.2) is 4.68 Å². The van der Waals surface area contributed by atoms with E-state index < -0.39 is 0 Å². The van der Waals surface area contributed by atoms with Crippen molar-refractivity contribution in [2.75, 3.05) is 12.4 Å². The predicted molar refractivity (Wildman–Crippen MR) is 117 cm³/mol. The van der Waals surface area contributed by atoms with Gasteiger partial charge in [0.25, 0.3) is 0 Å². The van der Waals surface area contributed by atoms with E-state index in [0.29, 0.717) is 21.7 Å². The fourth-order valence-electron chi connectivity index (χ4n) is 2.88. The molecule has 0 aliphatic carbocycles. The Kier molecular flexibility index (Phi) is 6.05. The number of benzene rings is 2. The molecule has 0 saturated heterocycles. The second-order valence-electron chi connectivity index (χ2n) is 6.34. The fourth-order valence-corrected chi connectivity index (χ4v) is 3.59. The van der Waals surface area contributed by atoms with Gasteiger partial charge in [0.2, 0.25) is 0 Å². The molecule has 3 rings (SSSR count). The number of thiocarbonyl (C=S) groups is 1. The Morgan fingerprint density at radius 1 is 1.11 bits per heavy atom. The van der Waals surface area contributed by atoms with E-state index in [9.17, 15) is 0 Å². The maximum absolute atomic E-state index is 6.05. The molecule has 4 nitrogen and oxygen atoms in total. The molecule has 1 heterocycles. The molecule has 2 aromatic carbocycles. The molecule has 140 valence electrons. The van der Waals surface area contributed by atoms with Crippen LogP contribution in [-0.2, 0) is 6.54 Å². The lowest BCUT2D eigenvalue weighted by Crippen LogP contribution is -2.31. The summed E-state index contributed by atoms with van der Waals surface area (Å²) in [6.45, 7) is 4.73. The fraction of sp³-hybridized carbons (Fsp3) is 0.200. The van der Waals surface area contributed by atoms with Gasteiger partial charge in [-0.05, 0) is 56.4 Å². The first-order valence-electron chi connectivity index (χ1n) is 8.44. The summed E-state index contributed by atoms with van der Waals surface area (Å²) in [6.07, 6.45) is 0. The van der Waals surface area contributed by atoms with E-state index in [2.05, 4.69) is 12.2 Å². The normalized spacial score (nSPS) is 10.7. The number of rotatable bonds is 4. The number of anilines is 1. The van der Waals surface area contributed by atoms with Crippen molar-refractivity contribution in [2.45, 2.75) is 20.4 Å². The van der Waals surface area contributed by atoms with Gasteiger partial charge in [-0.1, -0.05) is 41.4 Å². The average molecular weight is 419 g/mol. The van der Waals surface area contributed by atoms with Crippen LogP contribution in [0.3, 0.4) is 0 Å². The summed E-state index contributed by atoms with van der Waals surface area (Å²) in [5, 5.41) is 9.58. The summed E-state index contributed by atoms with van der Waals surface area (Å²) in [5.41, 5.74) is 5.03. The van der Waals surface area contributed by atoms with E-state index in [0.717, 1.165) is 28.3 Å². The molecule has 0 amide bonds. The molecule has 7 heteroatoms. The molecule has 3 aromatic rings. The third-order valence-electron chi connectivity index (χ3n) is 4.30. The van der Waals surface area contributed by atoms with Crippen molar-refractivity contribution in [3.8, 4) is 5.69 Å². The van der Waals surface area contributed by atoms with Crippen LogP contribution in [0.4, 0.5) is 5.69 Å². The number of hydrogen-bond donors (Lipinski definition) is 1. The van der Waals surface area contributed by atoms with Crippen LogP contribution >= 0.6 is 35.4 Å². The Morgan fingerprint density at radius 2 is 1.74 bits per heavy atom. The maximum Gasteiger partial charge on any atom is 0.173 e. The summed E-state index contributed by atoms with van der Waals surface area (Å²) in [7, 11) is 1.94. The van der Waals surface area contributed by atoms with Crippen molar-refractivity contribution in [3.63, 3.8) is 0 Å². The van der Waals surface area contributed by atoms with E-state index in [-0.39, 0.29) is 0 Å². The Hall–Kier alpha value is -2.08. The Bertz CT molecular complexity index is 949. The van der Waals surface area contributed by atoms with Crippen LogP contribution in [0.15, 0.2) is 48.5 Å². The molecule has 0 unspecified atom stereocenters. The molecular weight excluding hydrogens is 399 g/mol. The van der Waals surface area contributed by atoms with Gasteiger partial charge >= 0.3 is 0 Å². The van der Waals surface area contributed by atoms with E-state index in [4.69, 9.17) is 40.5 Å². The molecule has 1 N–H and O–H groups in total. The molecule has 27 heavy (non-hydrogen) atoms. The Balaban J connectivity index is 1.76. The molecule has 1 aromatic heterocycles. The molecule has 0 fully saturated rings. The highest BCUT2D eigenvalue weighted by Crippen LogP contribution is 2.23. The topological polar surface area (TPSA) is 33.1 Å². The van der Waals surface area contributed by atoms with Gasteiger partial charge in [-0.15, -0.1) is 0 Å². The van der Waals surface area contributed by atoms with Gasteiger partial charge in [0.1, 0.15) is 0 Å². The molecular formula is C20H20Cl2N4S. The summed E-state index contributed by atoms with van der Waals surface area (Å²) in [5.74, 6) is 0. The molecule has 0 bridgehead atoms. The minimum atomic E-state index is 0.561. The summed E-state index contributed by atoms with van der Waals surface area (Å²) < 4.78 is 1.96. The average Bonchev–Trinajstić information content (AvgIpc) is 2.89. The van der Waals surface area contributed by atoms with Gasteiger partial charge in [-0.2, -0.15) is 5.10 Å². The Labute approximate surface area is 174 Å². The highest BCUT2D eigenvalue weighted by molar-refractivity contribution is 7.80. The number of nitrogens with one attached hydrogen (secondary N) is 1. The highest BCUT2D eigenvalue weighted by atomic mass is 35.5. The monoisotopic (exact) mass is 418 g/mol. The smallest absolute Gasteiger partial charge is 0.173 e. The quantitative estimate of drug-likeness (QED) is 0.556. The lowest BCUT2D eigenvalue weighted by Gasteiger charge is -2.21. The molecule has 0 aliphatic rings. The second-order valence-corrected chi connectivity index (χ2v) is 7.60. The van der Waals surface area contributed by atoms with E-state index in [1.807, 2.05) is 53.9 Å². The minimum absolute atomic E-state index is 0.561. The van der Waals surface area contributed by atoms with Crippen molar-refractivity contribution >= 4 is 46.2 Å². The van der Waals surface area contributed by atoms with E-state index >= 15 is 0 Å². The number of halogens is 2. The van der Waals surface area contributed by atoms with Crippen LogP contribution in [0.25, 0.3) is 5.69 Å². The van der Waals surface area contributed by atoms with Crippen LogP contribution in [0.2, 0.25) is 10.0 Å². The molecule has 0 aliphatic heterocycles. The van der Waals surface area contributed by atoms with Crippen LogP contribution in [0.5, 0.6) is 0 Å². The highest BCUT2D eigenvalue weighted by Gasteiger charge is 2.16. The standard InChI is InChI=1S/C20H20Cl2N4S/c1-13-19(14(2)26(24-13)18-7-5-4-6-8-18)12-25(3)20(27)23-17-10-15(21)9-16(22)11-17/h4-11H,12H2,1-3H3,(H,23,27). The van der Waals surface area contributed by atoms with Gasteiger partial charge in [0.05, 0.1) is 11.4 Å². The first-order chi connectivity index (χ1) is 12.8. The third kappa shape index (κ3) is 4.61. The zero-order valence-electron chi connectivity index (χ0n) is 15.3. The largest absolute Gasteiger partial charge is 0.348 e. The van der Waals surface area contributed by atoms with Crippen molar-refractivity contribution in [2.24, 2.45) is 0 Å². The van der Waals surface area contributed by atoms with Crippen LogP contribution in [0, 0.1) is 13.8 Å². The van der Waals surface area contributed by atoms with Gasteiger partial charge in [0, 0.05) is 40.6 Å². The zero-order chi connectivity index (χ0) is 19.6. The number of aromatic nitrogens is 2. The van der Waals surface area contributed by atoms with Crippen LogP contribution in [-0.4, -0.2) is 26.8 Å². The first-order valence-corrected chi connectivity index (χ1v) is 9.60. The Morgan fingerprint density at radius 3 is 2.37 bits per heavy atom. The lowest BCUT2D eigenvalue weighted by molar-refractivity contribution is 0.505. The zero-order valence-corrected chi connectivity index (χ0v) is 17.7. The first kappa shape index (κ1) is 19.7.